The number of hydrogen-bond acceptors (Lipinski definition) is 2. The minimum absolute atomic E-state index is 0.0933. The third-order valence-corrected chi connectivity index (χ3v) is 2.66. The summed E-state index contributed by atoms with van der Waals surface area (Å²) in [6.07, 6.45) is 1.07. The Morgan fingerprint density at radius 2 is 2.06 bits per heavy atom. The standard InChI is InChI=1S/C13H20FN3/c1-3-5-17(4-2)9-10-6-11(13(15)16)8-12(14)7-10/h6-8H,3-5,9H2,1-2H3,(H3,15,16). The van der Waals surface area contributed by atoms with E-state index >= 15 is 0 Å². The fourth-order valence-corrected chi connectivity index (χ4v) is 1.82. The molecule has 0 saturated heterocycles. The normalized spacial score (nSPS) is 10.8. The molecule has 3 nitrogen and oxygen atoms in total. The maximum absolute atomic E-state index is 13.4. The number of nitrogens with two attached hydrogens (primary N) is 1. The molecule has 1 aromatic carbocycles. The molecule has 1 aromatic rings. The van der Waals surface area contributed by atoms with Crippen molar-refractivity contribution in [2.45, 2.75) is 26.8 Å². The van der Waals surface area contributed by atoms with E-state index < -0.39 is 0 Å². The van der Waals surface area contributed by atoms with Crippen LogP contribution in [0.1, 0.15) is 31.4 Å². The van der Waals surface area contributed by atoms with Gasteiger partial charge in [0.25, 0.3) is 0 Å². The SMILES string of the molecule is CCCN(CC)Cc1cc(F)cc(C(=N)N)c1. The fourth-order valence-electron chi connectivity index (χ4n) is 1.82. The van der Waals surface area contributed by atoms with Gasteiger partial charge in [-0.15, -0.1) is 0 Å². The van der Waals surface area contributed by atoms with E-state index in [1.54, 1.807) is 6.07 Å². The number of halogens is 1. The minimum atomic E-state index is -0.333. The first-order chi connectivity index (χ1) is 8.06. The van der Waals surface area contributed by atoms with Crippen molar-refractivity contribution in [3.63, 3.8) is 0 Å². The second kappa shape index (κ2) is 6.35. The molecule has 0 aliphatic carbocycles. The molecule has 4 heteroatoms. The lowest BCUT2D eigenvalue weighted by Gasteiger charge is -2.19. The Bertz CT molecular complexity index is 390. The van der Waals surface area contributed by atoms with E-state index in [0.29, 0.717) is 12.1 Å². The van der Waals surface area contributed by atoms with E-state index in [-0.39, 0.29) is 11.7 Å². The zero-order valence-electron chi connectivity index (χ0n) is 10.5. The van der Waals surface area contributed by atoms with Crippen LogP contribution < -0.4 is 5.73 Å². The molecule has 0 bridgehead atoms. The molecular formula is C13H20FN3. The van der Waals surface area contributed by atoms with Gasteiger partial charge in [-0.2, -0.15) is 0 Å². The smallest absolute Gasteiger partial charge is 0.124 e. The fraction of sp³-hybridized carbons (Fsp3) is 0.462. The summed E-state index contributed by atoms with van der Waals surface area (Å²) in [6, 6.07) is 4.58. The van der Waals surface area contributed by atoms with Gasteiger partial charge in [0.1, 0.15) is 11.7 Å². The second-order valence-corrected chi connectivity index (χ2v) is 4.13. The zero-order valence-corrected chi connectivity index (χ0v) is 10.5. The summed E-state index contributed by atoms with van der Waals surface area (Å²) in [6.45, 7) is 6.82. The van der Waals surface area contributed by atoms with Crippen LogP contribution in [-0.2, 0) is 6.54 Å². The average molecular weight is 237 g/mol. The van der Waals surface area contributed by atoms with Gasteiger partial charge in [-0.3, -0.25) is 10.3 Å². The van der Waals surface area contributed by atoms with E-state index in [1.165, 1.54) is 12.1 Å². The largest absolute Gasteiger partial charge is 0.384 e. The van der Waals surface area contributed by atoms with Crippen molar-refractivity contribution < 1.29 is 4.39 Å². The lowest BCUT2D eigenvalue weighted by Crippen LogP contribution is -2.24. The van der Waals surface area contributed by atoms with Crippen molar-refractivity contribution in [2.75, 3.05) is 13.1 Å². The van der Waals surface area contributed by atoms with Crippen LogP contribution in [0.2, 0.25) is 0 Å². The van der Waals surface area contributed by atoms with Crippen LogP contribution in [0.3, 0.4) is 0 Å². The molecule has 0 aliphatic heterocycles. The number of amidine groups is 1. The average Bonchev–Trinajstić information content (AvgIpc) is 2.27. The maximum Gasteiger partial charge on any atom is 0.124 e. The molecule has 0 amide bonds. The number of nitrogens with zero attached hydrogens (tertiary/aromatic N) is 1. The van der Waals surface area contributed by atoms with Gasteiger partial charge < -0.3 is 5.73 Å². The Kier molecular flexibility index (Phi) is 5.10. The van der Waals surface area contributed by atoms with Crippen LogP contribution in [0.4, 0.5) is 4.39 Å². The second-order valence-electron chi connectivity index (χ2n) is 4.13. The Morgan fingerprint density at radius 1 is 1.35 bits per heavy atom. The number of benzene rings is 1. The van der Waals surface area contributed by atoms with Gasteiger partial charge in [-0.1, -0.05) is 13.8 Å². The zero-order chi connectivity index (χ0) is 12.8. The summed E-state index contributed by atoms with van der Waals surface area (Å²) in [5.41, 5.74) is 6.69. The van der Waals surface area contributed by atoms with E-state index in [4.69, 9.17) is 11.1 Å². The van der Waals surface area contributed by atoms with Crippen molar-refractivity contribution in [2.24, 2.45) is 5.73 Å². The molecular weight excluding hydrogens is 217 g/mol. The molecule has 0 heterocycles. The lowest BCUT2D eigenvalue weighted by atomic mass is 10.1. The first-order valence-electron chi connectivity index (χ1n) is 5.93. The predicted molar refractivity (Wildman–Crippen MR) is 68.7 cm³/mol. The third kappa shape index (κ3) is 4.15. The van der Waals surface area contributed by atoms with Crippen molar-refractivity contribution in [3.8, 4) is 0 Å². The highest BCUT2D eigenvalue weighted by Crippen LogP contribution is 2.11. The van der Waals surface area contributed by atoms with Crippen molar-refractivity contribution in [1.29, 1.82) is 5.41 Å². The first-order valence-corrected chi connectivity index (χ1v) is 5.93. The molecule has 17 heavy (non-hydrogen) atoms. The van der Waals surface area contributed by atoms with Crippen molar-refractivity contribution in [1.82, 2.24) is 4.90 Å². The van der Waals surface area contributed by atoms with Crippen LogP contribution in [-0.4, -0.2) is 23.8 Å². The van der Waals surface area contributed by atoms with Gasteiger partial charge in [-0.05, 0) is 43.3 Å². The van der Waals surface area contributed by atoms with Gasteiger partial charge in [0.15, 0.2) is 0 Å². The van der Waals surface area contributed by atoms with Gasteiger partial charge >= 0.3 is 0 Å². The molecule has 0 atom stereocenters. The number of hydrogen-bond donors (Lipinski definition) is 2. The summed E-state index contributed by atoms with van der Waals surface area (Å²) < 4.78 is 13.4. The van der Waals surface area contributed by atoms with Crippen LogP contribution in [0.25, 0.3) is 0 Å². The highest BCUT2D eigenvalue weighted by molar-refractivity contribution is 5.95. The third-order valence-electron chi connectivity index (χ3n) is 2.66. The minimum Gasteiger partial charge on any atom is -0.384 e. The van der Waals surface area contributed by atoms with Gasteiger partial charge in [0.05, 0.1) is 0 Å². The summed E-state index contributed by atoms with van der Waals surface area (Å²) in [4.78, 5) is 2.23. The Labute approximate surface area is 102 Å². The quantitative estimate of drug-likeness (QED) is 0.589. The van der Waals surface area contributed by atoms with E-state index in [2.05, 4.69) is 18.7 Å². The highest BCUT2D eigenvalue weighted by atomic mass is 19.1. The molecule has 0 saturated carbocycles. The van der Waals surface area contributed by atoms with Gasteiger partial charge in [0, 0.05) is 12.1 Å². The van der Waals surface area contributed by atoms with Crippen LogP contribution in [0, 0.1) is 11.2 Å². The van der Waals surface area contributed by atoms with Crippen LogP contribution in [0.15, 0.2) is 18.2 Å². The van der Waals surface area contributed by atoms with Crippen LogP contribution in [0.5, 0.6) is 0 Å². The Hall–Kier alpha value is -1.42. The van der Waals surface area contributed by atoms with Crippen molar-refractivity contribution >= 4 is 5.84 Å². The molecule has 0 fully saturated rings. The Morgan fingerprint density at radius 3 is 2.59 bits per heavy atom. The van der Waals surface area contributed by atoms with Crippen molar-refractivity contribution in [3.05, 3.63) is 35.1 Å². The topological polar surface area (TPSA) is 53.1 Å². The van der Waals surface area contributed by atoms with Gasteiger partial charge in [0.2, 0.25) is 0 Å². The highest BCUT2D eigenvalue weighted by Gasteiger charge is 2.07. The number of nitrogens with one attached hydrogen (secondary N) is 1. The molecule has 0 radical (unpaired) electrons. The van der Waals surface area contributed by atoms with Crippen LogP contribution >= 0.6 is 0 Å². The molecule has 0 spiro atoms. The van der Waals surface area contributed by atoms with Gasteiger partial charge in [-0.25, -0.2) is 4.39 Å². The first kappa shape index (κ1) is 13.6. The number of nitrogen functional groups attached to an aromatic ring is 1. The molecule has 1 rings (SSSR count). The molecule has 3 N–H and O–H groups in total. The predicted octanol–water partition coefficient (Wildman–Crippen LogP) is 2.34. The summed E-state index contributed by atoms with van der Waals surface area (Å²) in [7, 11) is 0. The molecule has 0 aromatic heterocycles. The lowest BCUT2D eigenvalue weighted by molar-refractivity contribution is 0.280. The summed E-state index contributed by atoms with van der Waals surface area (Å²) in [5.74, 6) is -0.426. The monoisotopic (exact) mass is 237 g/mol. The molecule has 94 valence electrons. The summed E-state index contributed by atoms with van der Waals surface area (Å²) in [5, 5.41) is 7.33. The van der Waals surface area contributed by atoms with E-state index in [0.717, 1.165) is 25.1 Å². The molecule has 0 aliphatic rings. The maximum atomic E-state index is 13.4. The Balaban J connectivity index is 2.86. The molecule has 0 unspecified atom stereocenters. The van der Waals surface area contributed by atoms with E-state index in [9.17, 15) is 4.39 Å². The number of rotatable bonds is 6. The summed E-state index contributed by atoms with van der Waals surface area (Å²) >= 11 is 0. The van der Waals surface area contributed by atoms with E-state index in [1.807, 2.05) is 0 Å².